The first-order valence-corrected chi connectivity index (χ1v) is 9.39. The number of benzene rings is 3. The second-order valence-corrected chi connectivity index (χ2v) is 6.45. The van der Waals surface area contributed by atoms with Crippen LogP contribution in [0.2, 0.25) is 0 Å². The van der Waals surface area contributed by atoms with E-state index in [2.05, 4.69) is 20.8 Å². The van der Waals surface area contributed by atoms with E-state index in [1.54, 1.807) is 19.2 Å². The van der Waals surface area contributed by atoms with Gasteiger partial charge >= 0.3 is 6.03 Å². The van der Waals surface area contributed by atoms with Gasteiger partial charge in [0.2, 0.25) is 11.8 Å². The highest BCUT2D eigenvalue weighted by Gasteiger charge is 2.23. The van der Waals surface area contributed by atoms with Gasteiger partial charge in [-0.1, -0.05) is 60.7 Å². The summed E-state index contributed by atoms with van der Waals surface area (Å²) in [7, 11) is 1.55. The van der Waals surface area contributed by atoms with Gasteiger partial charge in [0.05, 0.1) is 12.8 Å². The average Bonchev–Trinajstić information content (AvgIpc) is 3.29. The van der Waals surface area contributed by atoms with Gasteiger partial charge < -0.3 is 19.8 Å². The molecule has 0 aliphatic heterocycles. The van der Waals surface area contributed by atoms with Crippen molar-refractivity contribution in [2.75, 3.05) is 12.4 Å². The largest absolute Gasteiger partial charge is 0.495 e. The first kappa shape index (κ1) is 19.2. The van der Waals surface area contributed by atoms with Crippen molar-refractivity contribution >= 4 is 11.7 Å². The molecule has 4 rings (SSSR count). The molecule has 1 aromatic heterocycles. The fraction of sp³-hybridized carbons (Fsp3) is 0.0870. The van der Waals surface area contributed by atoms with E-state index in [4.69, 9.17) is 9.15 Å². The summed E-state index contributed by atoms with van der Waals surface area (Å²) in [5, 5.41) is 14.0. The first-order chi connectivity index (χ1) is 14.7. The lowest BCUT2D eigenvalue weighted by molar-refractivity contribution is 0.248. The number of hydrogen-bond acceptors (Lipinski definition) is 5. The molecule has 150 valence electrons. The van der Waals surface area contributed by atoms with E-state index in [9.17, 15) is 4.79 Å². The number of carbonyl (C=O) groups excluding carboxylic acids is 1. The number of rotatable bonds is 6. The normalized spacial score (nSPS) is 11.5. The molecule has 2 N–H and O–H groups in total. The van der Waals surface area contributed by atoms with Crippen LogP contribution in [-0.4, -0.2) is 23.3 Å². The SMILES string of the molecule is COc1ccccc1NC(=O)N[C@@H](c1ccccc1)c1nnc(-c2ccccc2)o1. The molecule has 1 heterocycles. The van der Waals surface area contributed by atoms with Crippen LogP contribution < -0.4 is 15.4 Å². The number of ether oxygens (including phenoxy) is 1. The summed E-state index contributed by atoms with van der Waals surface area (Å²) >= 11 is 0. The third-order valence-electron chi connectivity index (χ3n) is 4.47. The predicted octanol–water partition coefficient (Wildman–Crippen LogP) is 4.66. The molecule has 30 heavy (non-hydrogen) atoms. The summed E-state index contributed by atoms with van der Waals surface area (Å²) in [5.41, 5.74) is 2.18. The number of para-hydroxylation sites is 2. The molecule has 3 aromatic carbocycles. The first-order valence-electron chi connectivity index (χ1n) is 9.39. The Morgan fingerprint density at radius 3 is 2.30 bits per heavy atom. The van der Waals surface area contributed by atoms with Gasteiger partial charge in [-0.3, -0.25) is 0 Å². The minimum absolute atomic E-state index is 0.287. The van der Waals surface area contributed by atoms with Crippen molar-refractivity contribution in [1.29, 1.82) is 0 Å². The van der Waals surface area contributed by atoms with Crippen molar-refractivity contribution in [1.82, 2.24) is 15.5 Å². The maximum atomic E-state index is 12.7. The van der Waals surface area contributed by atoms with Gasteiger partial charge in [-0.05, 0) is 29.8 Å². The standard InChI is InChI=1S/C23H20N4O3/c1-29-19-15-9-8-14-18(19)24-23(28)25-20(16-10-4-2-5-11-16)22-27-26-21(30-22)17-12-6-3-7-13-17/h2-15,20H,1H3,(H2,24,25,28)/t20-/m0/s1. The lowest BCUT2D eigenvalue weighted by atomic mass is 10.1. The van der Waals surface area contributed by atoms with Crippen molar-refractivity contribution < 1.29 is 13.9 Å². The molecule has 7 nitrogen and oxygen atoms in total. The van der Waals surface area contributed by atoms with Crippen LogP contribution in [-0.2, 0) is 0 Å². The Hall–Kier alpha value is -4.13. The summed E-state index contributed by atoms with van der Waals surface area (Å²) in [6, 6.07) is 25.1. The van der Waals surface area contributed by atoms with Crippen molar-refractivity contribution in [3.8, 4) is 17.2 Å². The number of nitrogens with zero attached hydrogens (tertiary/aromatic N) is 2. The molecular weight excluding hydrogens is 380 g/mol. The highest BCUT2D eigenvalue weighted by molar-refractivity contribution is 5.91. The highest BCUT2D eigenvalue weighted by Crippen LogP contribution is 2.26. The zero-order valence-electron chi connectivity index (χ0n) is 16.3. The molecular formula is C23H20N4O3. The van der Waals surface area contributed by atoms with Gasteiger partial charge in [-0.25, -0.2) is 4.79 Å². The molecule has 0 aliphatic rings. The maximum absolute atomic E-state index is 12.7. The second-order valence-electron chi connectivity index (χ2n) is 6.45. The van der Waals surface area contributed by atoms with Crippen molar-refractivity contribution in [2.45, 2.75) is 6.04 Å². The van der Waals surface area contributed by atoms with Gasteiger partial charge in [0, 0.05) is 5.56 Å². The van der Waals surface area contributed by atoms with E-state index >= 15 is 0 Å². The molecule has 0 unspecified atom stereocenters. The molecule has 0 aliphatic carbocycles. The number of aromatic nitrogens is 2. The minimum atomic E-state index is -0.620. The monoisotopic (exact) mass is 400 g/mol. The molecule has 2 amide bonds. The predicted molar refractivity (Wildman–Crippen MR) is 113 cm³/mol. The smallest absolute Gasteiger partial charge is 0.320 e. The van der Waals surface area contributed by atoms with Crippen LogP contribution in [0.4, 0.5) is 10.5 Å². The Morgan fingerprint density at radius 1 is 0.900 bits per heavy atom. The third kappa shape index (κ3) is 4.30. The number of anilines is 1. The summed E-state index contributed by atoms with van der Waals surface area (Å²) in [6.45, 7) is 0. The summed E-state index contributed by atoms with van der Waals surface area (Å²) in [6.07, 6.45) is 0. The van der Waals surface area contributed by atoms with Gasteiger partial charge in [0.25, 0.3) is 0 Å². The lowest BCUT2D eigenvalue weighted by Gasteiger charge is -2.17. The fourth-order valence-electron chi connectivity index (χ4n) is 3.02. The Kier molecular flexibility index (Phi) is 5.70. The minimum Gasteiger partial charge on any atom is -0.495 e. The van der Waals surface area contributed by atoms with Crippen LogP contribution in [0.5, 0.6) is 5.75 Å². The molecule has 0 radical (unpaired) electrons. The van der Waals surface area contributed by atoms with Crippen LogP contribution in [0.25, 0.3) is 11.5 Å². The molecule has 1 atom stereocenters. The number of methoxy groups -OCH3 is 1. The molecule has 0 saturated heterocycles. The van der Waals surface area contributed by atoms with Gasteiger partial charge in [0.15, 0.2) is 0 Å². The summed E-state index contributed by atoms with van der Waals surface area (Å²) in [5.74, 6) is 1.24. The molecule has 7 heteroatoms. The van der Waals surface area contributed by atoms with E-state index in [1.165, 1.54) is 0 Å². The van der Waals surface area contributed by atoms with Crippen LogP contribution in [0.3, 0.4) is 0 Å². The van der Waals surface area contributed by atoms with Gasteiger partial charge in [-0.15, -0.1) is 10.2 Å². The zero-order valence-corrected chi connectivity index (χ0v) is 16.3. The quantitative estimate of drug-likeness (QED) is 0.491. The zero-order chi connectivity index (χ0) is 20.8. The Bertz CT molecular complexity index is 1110. The molecule has 0 spiro atoms. The van der Waals surface area contributed by atoms with E-state index in [0.717, 1.165) is 11.1 Å². The molecule has 0 fully saturated rings. The summed E-state index contributed by atoms with van der Waals surface area (Å²) in [4.78, 5) is 12.7. The average molecular weight is 400 g/mol. The van der Waals surface area contributed by atoms with Crippen molar-refractivity contribution in [3.05, 3.63) is 96.4 Å². The van der Waals surface area contributed by atoms with Crippen molar-refractivity contribution in [2.24, 2.45) is 0 Å². The van der Waals surface area contributed by atoms with E-state index in [0.29, 0.717) is 17.3 Å². The topological polar surface area (TPSA) is 89.3 Å². The van der Waals surface area contributed by atoms with Crippen LogP contribution in [0, 0.1) is 0 Å². The Balaban J connectivity index is 1.60. The number of urea groups is 1. The Morgan fingerprint density at radius 2 is 1.57 bits per heavy atom. The number of hydrogen-bond donors (Lipinski definition) is 2. The third-order valence-corrected chi connectivity index (χ3v) is 4.47. The Labute approximate surface area is 173 Å². The number of amides is 2. The van der Waals surface area contributed by atoms with Crippen LogP contribution in [0.1, 0.15) is 17.5 Å². The van der Waals surface area contributed by atoms with Crippen LogP contribution >= 0.6 is 0 Å². The van der Waals surface area contributed by atoms with Gasteiger partial charge in [-0.2, -0.15) is 0 Å². The highest BCUT2D eigenvalue weighted by atomic mass is 16.5. The number of carbonyl (C=O) groups is 1. The lowest BCUT2D eigenvalue weighted by Crippen LogP contribution is -2.33. The fourth-order valence-corrected chi connectivity index (χ4v) is 3.02. The maximum Gasteiger partial charge on any atom is 0.320 e. The summed E-state index contributed by atoms with van der Waals surface area (Å²) < 4.78 is 11.2. The second kappa shape index (κ2) is 8.91. The van der Waals surface area contributed by atoms with E-state index in [1.807, 2.05) is 72.8 Å². The van der Waals surface area contributed by atoms with E-state index in [-0.39, 0.29) is 5.89 Å². The van der Waals surface area contributed by atoms with Crippen LogP contribution in [0.15, 0.2) is 89.3 Å². The molecule has 0 bridgehead atoms. The van der Waals surface area contributed by atoms with Crippen molar-refractivity contribution in [3.63, 3.8) is 0 Å². The molecule has 4 aromatic rings. The number of nitrogens with one attached hydrogen (secondary N) is 2. The van der Waals surface area contributed by atoms with E-state index < -0.39 is 12.1 Å². The van der Waals surface area contributed by atoms with Gasteiger partial charge in [0.1, 0.15) is 11.8 Å². The molecule has 0 saturated carbocycles.